The molecule has 0 bridgehead atoms. The Kier molecular flexibility index (Phi) is 5.22. The van der Waals surface area contributed by atoms with Crippen LogP contribution >= 0.6 is 11.3 Å². The van der Waals surface area contributed by atoms with Crippen LogP contribution in [0.2, 0.25) is 0 Å². The number of hydrogen-bond donors (Lipinski definition) is 0. The number of benzene rings is 2. The lowest BCUT2D eigenvalue weighted by molar-refractivity contribution is 0.0970. The van der Waals surface area contributed by atoms with E-state index in [1.165, 1.54) is 16.2 Å². The van der Waals surface area contributed by atoms with Crippen molar-refractivity contribution < 1.29 is 13.9 Å². The van der Waals surface area contributed by atoms with E-state index in [-0.39, 0.29) is 11.2 Å². The van der Waals surface area contributed by atoms with E-state index in [0.29, 0.717) is 34.0 Å². The van der Waals surface area contributed by atoms with Crippen LogP contribution in [0, 0.1) is 0 Å². The highest BCUT2D eigenvalue weighted by Crippen LogP contribution is 2.42. The molecule has 0 saturated heterocycles. The Morgan fingerprint density at radius 3 is 2.75 bits per heavy atom. The number of fused-ring (bicyclic) bond motifs is 2. The SMILES string of the molecule is CCCc1nnc(N2C(=O)c3oc4ccccc4c(=O)c3C2c2cccc(OCC)c2)s1. The summed E-state index contributed by atoms with van der Waals surface area (Å²) in [6, 6.07) is 13.7. The summed E-state index contributed by atoms with van der Waals surface area (Å²) in [6.45, 7) is 4.48. The van der Waals surface area contributed by atoms with E-state index in [1.807, 2.05) is 31.2 Å². The highest BCUT2D eigenvalue weighted by atomic mass is 32.1. The molecular weight excluding hydrogens is 426 g/mol. The maximum atomic E-state index is 13.6. The first-order valence-corrected chi connectivity index (χ1v) is 11.4. The third-order valence-electron chi connectivity index (χ3n) is 5.39. The van der Waals surface area contributed by atoms with Gasteiger partial charge in [0, 0.05) is 6.42 Å². The van der Waals surface area contributed by atoms with Gasteiger partial charge in [-0.1, -0.05) is 42.5 Å². The first-order chi connectivity index (χ1) is 15.6. The van der Waals surface area contributed by atoms with E-state index in [9.17, 15) is 9.59 Å². The molecule has 1 amide bonds. The number of para-hydroxylation sites is 1. The molecule has 32 heavy (non-hydrogen) atoms. The monoisotopic (exact) mass is 447 g/mol. The number of ether oxygens (including phenoxy) is 1. The second-order valence-electron chi connectivity index (χ2n) is 7.48. The van der Waals surface area contributed by atoms with Gasteiger partial charge in [0.05, 0.1) is 23.6 Å². The molecule has 0 fully saturated rings. The predicted octanol–water partition coefficient (Wildman–Crippen LogP) is 4.75. The summed E-state index contributed by atoms with van der Waals surface area (Å²) in [5.41, 5.74) is 1.23. The van der Waals surface area contributed by atoms with Gasteiger partial charge in [-0.3, -0.25) is 14.5 Å². The standard InChI is InChI=1S/C24H21N3O4S/c1-3-8-18-25-26-24(32-18)27-20(14-9-7-10-15(13-14)30-4-2)19-21(28)16-11-5-6-12-17(16)31-22(19)23(27)29/h5-7,9-13,20H,3-4,8H2,1-2H3. The molecule has 162 valence electrons. The van der Waals surface area contributed by atoms with Gasteiger partial charge in [0.1, 0.15) is 16.3 Å². The zero-order valence-corrected chi connectivity index (χ0v) is 18.5. The van der Waals surface area contributed by atoms with Crippen molar-refractivity contribution in [3.05, 3.63) is 80.6 Å². The highest BCUT2D eigenvalue weighted by Gasteiger charge is 2.45. The van der Waals surface area contributed by atoms with Crippen LogP contribution in [0.15, 0.2) is 57.7 Å². The van der Waals surface area contributed by atoms with Crippen molar-refractivity contribution in [2.75, 3.05) is 11.5 Å². The quantitative estimate of drug-likeness (QED) is 0.424. The van der Waals surface area contributed by atoms with Gasteiger partial charge in [0.15, 0.2) is 5.43 Å². The number of hydrogen-bond acceptors (Lipinski definition) is 7. The number of anilines is 1. The van der Waals surface area contributed by atoms with Crippen molar-refractivity contribution in [1.29, 1.82) is 0 Å². The average Bonchev–Trinajstić information content (AvgIpc) is 3.37. The maximum Gasteiger partial charge on any atom is 0.297 e. The first-order valence-electron chi connectivity index (χ1n) is 10.6. The third-order valence-corrected chi connectivity index (χ3v) is 6.37. The van der Waals surface area contributed by atoms with Gasteiger partial charge in [0.2, 0.25) is 10.9 Å². The van der Waals surface area contributed by atoms with Crippen molar-refractivity contribution in [3.8, 4) is 5.75 Å². The molecule has 4 aromatic rings. The predicted molar refractivity (Wildman–Crippen MR) is 123 cm³/mol. The van der Waals surface area contributed by atoms with Crippen LogP contribution < -0.4 is 15.1 Å². The van der Waals surface area contributed by atoms with Gasteiger partial charge in [-0.2, -0.15) is 0 Å². The van der Waals surface area contributed by atoms with Crippen molar-refractivity contribution in [3.63, 3.8) is 0 Å². The molecule has 1 aliphatic rings. The summed E-state index contributed by atoms with van der Waals surface area (Å²) in [4.78, 5) is 28.6. The minimum Gasteiger partial charge on any atom is -0.494 e. The molecule has 7 nitrogen and oxygen atoms in total. The van der Waals surface area contributed by atoms with Crippen molar-refractivity contribution in [2.45, 2.75) is 32.7 Å². The molecule has 1 aliphatic heterocycles. The molecule has 0 aliphatic carbocycles. The third kappa shape index (κ3) is 3.27. The summed E-state index contributed by atoms with van der Waals surface area (Å²) < 4.78 is 11.6. The Morgan fingerprint density at radius 2 is 1.94 bits per heavy atom. The van der Waals surface area contributed by atoms with Gasteiger partial charge in [0.25, 0.3) is 5.91 Å². The van der Waals surface area contributed by atoms with Gasteiger partial charge < -0.3 is 9.15 Å². The Morgan fingerprint density at radius 1 is 1.09 bits per heavy atom. The maximum absolute atomic E-state index is 13.6. The summed E-state index contributed by atoms with van der Waals surface area (Å²) in [6.07, 6.45) is 1.70. The first kappa shape index (κ1) is 20.4. The van der Waals surface area contributed by atoms with E-state index >= 15 is 0 Å². The van der Waals surface area contributed by atoms with Gasteiger partial charge in [-0.05, 0) is 43.2 Å². The number of aromatic nitrogens is 2. The molecule has 0 saturated carbocycles. The number of rotatable bonds is 6. The number of nitrogens with zero attached hydrogens (tertiary/aromatic N) is 3. The van der Waals surface area contributed by atoms with Crippen molar-refractivity contribution in [2.24, 2.45) is 0 Å². The van der Waals surface area contributed by atoms with Crippen LogP contribution in [0.5, 0.6) is 5.75 Å². The zero-order chi connectivity index (χ0) is 22.2. The second-order valence-corrected chi connectivity index (χ2v) is 8.52. The summed E-state index contributed by atoms with van der Waals surface area (Å²) in [5.74, 6) is 0.321. The number of amides is 1. The molecule has 8 heteroatoms. The Labute approximate surface area is 188 Å². The molecule has 0 N–H and O–H groups in total. The fourth-order valence-electron chi connectivity index (χ4n) is 4.03. The smallest absolute Gasteiger partial charge is 0.297 e. The van der Waals surface area contributed by atoms with Gasteiger partial charge in [-0.25, -0.2) is 0 Å². The summed E-state index contributed by atoms with van der Waals surface area (Å²) in [5, 5.41) is 10.3. The van der Waals surface area contributed by atoms with Crippen LogP contribution in [0.4, 0.5) is 5.13 Å². The minimum absolute atomic E-state index is 0.0488. The molecule has 3 heterocycles. The largest absolute Gasteiger partial charge is 0.494 e. The summed E-state index contributed by atoms with van der Waals surface area (Å²) in [7, 11) is 0. The average molecular weight is 448 g/mol. The molecular formula is C24H21N3O4S. The topological polar surface area (TPSA) is 85.5 Å². The fourth-order valence-corrected chi connectivity index (χ4v) is 5.00. The Hall–Kier alpha value is -3.52. The number of aryl methyl sites for hydroxylation is 1. The van der Waals surface area contributed by atoms with Gasteiger partial charge >= 0.3 is 0 Å². The number of carbonyl (C=O) groups is 1. The zero-order valence-electron chi connectivity index (χ0n) is 17.7. The lowest BCUT2D eigenvalue weighted by Gasteiger charge is -2.22. The van der Waals surface area contributed by atoms with E-state index < -0.39 is 11.9 Å². The Balaban J connectivity index is 1.74. The molecule has 0 spiro atoms. The van der Waals surface area contributed by atoms with Crippen LogP contribution in [0.25, 0.3) is 11.0 Å². The molecule has 1 unspecified atom stereocenters. The van der Waals surface area contributed by atoms with Crippen LogP contribution in [-0.4, -0.2) is 22.7 Å². The molecule has 1 atom stereocenters. The van der Waals surface area contributed by atoms with Crippen molar-refractivity contribution >= 4 is 33.3 Å². The van der Waals surface area contributed by atoms with E-state index in [0.717, 1.165) is 23.4 Å². The molecule has 5 rings (SSSR count). The lowest BCUT2D eigenvalue weighted by Crippen LogP contribution is -2.29. The lowest BCUT2D eigenvalue weighted by atomic mass is 9.98. The molecule has 2 aromatic heterocycles. The number of carbonyl (C=O) groups excluding carboxylic acids is 1. The van der Waals surface area contributed by atoms with Gasteiger partial charge in [-0.15, -0.1) is 10.2 Å². The fraction of sp³-hybridized carbons (Fsp3) is 0.250. The normalized spacial score (nSPS) is 15.4. The van der Waals surface area contributed by atoms with E-state index in [4.69, 9.17) is 9.15 Å². The van der Waals surface area contributed by atoms with Crippen LogP contribution in [0.1, 0.15) is 53.0 Å². The summed E-state index contributed by atoms with van der Waals surface area (Å²) >= 11 is 1.36. The van der Waals surface area contributed by atoms with Crippen LogP contribution in [-0.2, 0) is 6.42 Å². The van der Waals surface area contributed by atoms with E-state index in [1.54, 1.807) is 24.3 Å². The second kappa shape index (κ2) is 8.20. The molecule has 2 aromatic carbocycles. The highest BCUT2D eigenvalue weighted by molar-refractivity contribution is 7.15. The Bertz CT molecular complexity index is 1380. The van der Waals surface area contributed by atoms with Crippen molar-refractivity contribution in [1.82, 2.24) is 10.2 Å². The molecule has 0 radical (unpaired) electrons. The van der Waals surface area contributed by atoms with E-state index in [2.05, 4.69) is 17.1 Å². The minimum atomic E-state index is -0.679. The van der Waals surface area contributed by atoms with Crippen LogP contribution in [0.3, 0.4) is 0 Å².